The molecule has 0 bridgehead atoms. The third-order valence-corrected chi connectivity index (χ3v) is 5.01. The molecule has 0 atom stereocenters. The number of amides is 2. The number of nitrogens with one attached hydrogen (secondary N) is 1. The number of alkyl halides is 3. The fourth-order valence-corrected chi connectivity index (χ4v) is 3.99. The number of likely N-dealkylation sites (tertiary alicyclic amines) is 1. The standard InChI is InChI=1S/C15H22F3N3O2/c1-2-19-12(22)7-20-8-14(9-20)5-11(6-14)21(10-3-4-10)13(23)15(16,17)18/h10-11H,2-9H2,1H3,(H,19,22). The summed E-state index contributed by atoms with van der Waals surface area (Å²) in [6.07, 6.45) is -2.19. The molecule has 0 unspecified atom stereocenters. The summed E-state index contributed by atoms with van der Waals surface area (Å²) in [7, 11) is 0. The van der Waals surface area contributed by atoms with Crippen molar-refractivity contribution in [1.82, 2.24) is 15.1 Å². The Labute approximate surface area is 133 Å². The summed E-state index contributed by atoms with van der Waals surface area (Å²) in [5.74, 6) is -1.71. The van der Waals surface area contributed by atoms with Gasteiger partial charge >= 0.3 is 12.1 Å². The summed E-state index contributed by atoms with van der Waals surface area (Å²) in [4.78, 5) is 26.2. The minimum Gasteiger partial charge on any atom is -0.355 e. The first-order valence-corrected chi connectivity index (χ1v) is 8.13. The topological polar surface area (TPSA) is 52.7 Å². The van der Waals surface area contributed by atoms with Crippen molar-refractivity contribution < 1.29 is 22.8 Å². The van der Waals surface area contributed by atoms with E-state index in [9.17, 15) is 22.8 Å². The number of likely N-dealkylation sites (N-methyl/N-ethyl adjacent to an activating group) is 1. The van der Waals surface area contributed by atoms with Crippen LogP contribution in [0.5, 0.6) is 0 Å². The molecule has 1 heterocycles. The molecule has 3 aliphatic rings. The molecule has 0 aromatic carbocycles. The Morgan fingerprint density at radius 2 is 1.83 bits per heavy atom. The summed E-state index contributed by atoms with van der Waals surface area (Å²) in [6.45, 7) is 4.26. The molecule has 2 aliphatic carbocycles. The monoisotopic (exact) mass is 333 g/mol. The van der Waals surface area contributed by atoms with Crippen LogP contribution in [0.1, 0.15) is 32.6 Å². The van der Waals surface area contributed by atoms with Gasteiger partial charge in [-0.2, -0.15) is 13.2 Å². The van der Waals surface area contributed by atoms with Crippen LogP contribution in [0.15, 0.2) is 0 Å². The number of carbonyl (C=O) groups excluding carboxylic acids is 2. The van der Waals surface area contributed by atoms with Crippen LogP contribution in [-0.4, -0.2) is 66.1 Å². The fourth-order valence-electron chi connectivity index (χ4n) is 3.99. The van der Waals surface area contributed by atoms with E-state index in [4.69, 9.17) is 0 Å². The lowest BCUT2D eigenvalue weighted by molar-refractivity contribution is -0.197. The lowest BCUT2D eigenvalue weighted by atomic mass is 9.60. The maximum Gasteiger partial charge on any atom is 0.471 e. The summed E-state index contributed by atoms with van der Waals surface area (Å²) in [5, 5.41) is 2.73. The smallest absolute Gasteiger partial charge is 0.355 e. The van der Waals surface area contributed by atoms with Crippen LogP contribution in [0.3, 0.4) is 0 Å². The van der Waals surface area contributed by atoms with Gasteiger partial charge in [-0.25, -0.2) is 0 Å². The highest BCUT2D eigenvalue weighted by atomic mass is 19.4. The van der Waals surface area contributed by atoms with Crippen LogP contribution in [-0.2, 0) is 9.59 Å². The predicted octanol–water partition coefficient (Wildman–Crippen LogP) is 1.14. The molecule has 3 rings (SSSR count). The summed E-state index contributed by atoms with van der Waals surface area (Å²) < 4.78 is 38.2. The van der Waals surface area contributed by atoms with Crippen molar-refractivity contribution in [3.63, 3.8) is 0 Å². The average Bonchev–Trinajstić information content (AvgIpc) is 3.16. The second kappa shape index (κ2) is 5.65. The Balaban J connectivity index is 1.49. The van der Waals surface area contributed by atoms with E-state index >= 15 is 0 Å². The zero-order valence-electron chi connectivity index (χ0n) is 13.2. The fraction of sp³-hybridized carbons (Fsp3) is 0.867. The number of carbonyl (C=O) groups is 2. The van der Waals surface area contributed by atoms with Gasteiger partial charge < -0.3 is 10.2 Å². The molecule has 0 radical (unpaired) electrons. The molecule has 2 saturated carbocycles. The number of nitrogens with zero attached hydrogens (tertiary/aromatic N) is 2. The average molecular weight is 333 g/mol. The summed E-state index contributed by atoms with van der Waals surface area (Å²) in [6, 6.07) is -0.513. The van der Waals surface area contributed by atoms with E-state index in [0.29, 0.717) is 38.8 Å². The van der Waals surface area contributed by atoms with Gasteiger partial charge in [-0.15, -0.1) is 0 Å². The zero-order valence-corrected chi connectivity index (χ0v) is 13.2. The highest BCUT2D eigenvalue weighted by molar-refractivity contribution is 5.83. The largest absolute Gasteiger partial charge is 0.471 e. The Morgan fingerprint density at radius 3 is 2.30 bits per heavy atom. The van der Waals surface area contributed by atoms with Gasteiger partial charge in [-0.3, -0.25) is 14.5 Å². The minimum atomic E-state index is -4.78. The molecule has 0 aromatic heterocycles. The summed E-state index contributed by atoms with van der Waals surface area (Å²) in [5.41, 5.74) is 0.0101. The van der Waals surface area contributed by atoms with Crippen LogP contribution in [0, 0.1) is 5.41 Å². The third kappa shape index (κ3) is 3.32. The Bertz CT molecular complexity index is 491. The lowest BCUT2D eigenvalue weighted by Crippen LogP contribution is -2.68. The van der Waals surface area contributed by atoms with Gasteiger partial charge in [-0.1, -0.05) is 0 Å². The predicted molar refractivity (Wildman–Crippen MR) is 76.5 cm³/mol. The first-order valence-electron chi connectivity index (χ1n) is 8.13. The quantitative estimate of drug-likeness (QED) is 0.821. The molecule has 0 aromatic rings. The van der Waals surface area contributed by atoms with Crippen LogP contribution in [0.4, 0.5) is 13.2 Å². The van der Waals surface area contributed by atoms with Crippen LogP contribution < -0.4 is 5.32 Å². The van der Waals surface area contributed by atoms with E-state index in [1.807, 2.05) is 11.8 Å². The molecule has 1 N–H and O–H groups in total. The maximum atomic E-state index is 12.7. The van der Waals surface area contributed by atoms with Crippen molar-refractivity contribution in [2.24, 2.45) is 5.41 Å². The van der Waals surface area contributed by atoms with Gasteiger partial charge in [0.2, 0.25) is 5.91 Å². The lowest BCUT2D eigenvalue weighted by Gasteiger charge is -2.61. The molecule has 3 fully saturated rings. The molecule has 1 aliphatic heterocycles. The molecule has 8 heteroatoms. The molecular formula is C15H22F3N3O2. The van der Waals surface area contributed by atoms with Crippen LogP contribution in [0.25, 0.3) is 0 Å². The van der Waals surface area contributed by atoms with Crippen LogP contribution in [0.2, 0.25) is 0 Å². The minimum absolute atomic E-state index is 0.0101. The normalized spacial score (nSPS) is 24.0. The van der Waals surface area contributed by atoms with Crippen molar-refractivity contribution in [2.45, 2.75) is 50.9 Å². The number of halogens is 3. The van der Waals surface area contributed by atoms with E-state index in [-0.39, 0.29) is 23.4 Å². The number of hydrogen-bond donors (Lipinski definition) is 1. The molecule has 1 spiro atoms. The van der Waals surface area contributed by atoms with Gasteiger partial charge in [0, 0.05) is 31.7 Å². The Hall–Kier alpha value is -1.31. The van der Waals surface area contributed by atoms with E-state index in [2.05, 4.69) is 5.32 Å². The number of hydrogen-bond acceptors (Lipinski definition) is 3. The highest BCUT2D eigenvalue weighted by Crippen LogP contribution is 2.52. The third-order valence-electron chi connectivity index (χ3n) is 5.01. The van der Waals surface area contributed by atoms with Crippen molar-refractivity contribution in [1.29, 1.82) is 0 Å². The zero-order chi connectivity index (χ0) is 16.8. The van der Waals surface area contributed by atoms with Gasteiger partial charge in [0.15, 0.2) is 0 Å². The molecule has 5 nitrogen and oxygen atoms in total. The SMILES string of the molecule is CCNC(=O)CN1CC2(CC(N(C(=O)C(F)(F)F)C3CC3)C2)C1. The number of rotatable bonds is 5. The van der Waals surface area contributed by atoms with Gasteiger partial charge in [0.25, 0.3) is 0 Å². The Morgan fingerprint density at radius 1 is 1.22 bits per heavy atom. The van der Waals surface area contributed by atoms with Gasteiger partial charge in [-0.05, 0) is 38.0 Å². The summed E-state index contributed by atoms with van der Waals surface area (Å²) >= 11 is 0. The first-order chi connectivity index (χ1) is 10.7. The molecule has 23 heavy (non-hydrogen) atoms. The van der Waals surface area contributed by atoms with Gasteiger partial charge in [0.05, 0.1) is 6.54 Å². The Kier molecular flexibility index (Phi) is 4.06. The van der Waals surface area contributed by atoms with Crippen molar-refractivity contribution >= 4 is 11.8 Å². The van der Waals surface area contributed by atoms with E-state index in [1.165, 1.54) is 0 Å². The molecule has 130 valence electrons. The van der Waals surface area contributed by atoms with Crippen LogP contribution >= 0.6 is 0 Å². The molecular weight excluding hydrogens is 311 g/mol. The van der Waals surface area contributed by atoms with E-state index in [0.717, 1.165) is 18.0 Å². The second-order valence-corrected chi connectivity index (χ2v) is 7.10. The molecule has 1 saturated heterocycles. The van der Waals surface area contributed by atoms with Crippen molar-refractivity contribution in [3.05, 3.63) is 0 Å². The molecule has 2 amide bonds. The second-order valence-electron chi connectivity index (χ2n) is 7.10. The van der Waals surface area contributed by atoms with E-state index < -0.39 is 12.1 Å². The van der Waals surface area contributed by atoms with Crippen molar-refractivity contribution in [2.75, 3.05) is 26.2 Å². The highest BCUT2D eigenvalue weighted by Gasteiger charge is 2.58. The maximum absolute atomic E-state index is 12.7. The first kappa shape index (κ1) is 16.5. The van der Waals surface area contributed by atoms with Crippen molar-refractivity contribution in [3.8, 4) is 0 Å². The van der Waals surface area contributed by atoms with E-state index in [1.54, 1.807) is 0 Å². The van der Waals surface area contributed by atoms with Gasteiger partial charge in [0.1, 0.15) is 0 Å².